The van der Waals surface area contributed by atoms with Crippen LogP contribution in [0, 0.1) is 11.8 Å². The van der Waals surface area contributed by atoms with Crippen molar-refractivity contribution in [3.8, 4) is 0 Å². The van der Waals surface area contributed by atoms with Crippen LogP contribution in [-0.4, -0.2) is 48.0 Å². The van der Waals surface area contributed by atoms with E-state index in [2.05, 4.69) is 23.7 Å². The Balaban J connectivity index is 1.66. The maximum absolute atomic E-state index is 12.7. The van der Waals surface area contributed by atoms with Gasteiger partial charge in [0.15, 0.2) is 0 Å². The van der Waals surface area contributed by atoms with Gasteiger partial charge in [0.1, 0.15) is 5.82 Å². The van der Waals surface area contributed by atoms with E-state index in [0.29, 0.717) is 18.0 Å². The van der Waals surface area contributed by atoms with Crippen LogP contribution in [0.25, 0.3) is 0 Å². The highest BCUT2D eigenvalue weighted by atomic mass is 16.2. The molecule has 1 aromatic rings. The molecule has 3 heterocycles. The molecule has 0 aliphatic carbocycles. The summed E-state index contributed by atoms with van der Waals surface area (Å²) in [5.41, 5.74) is 6.44. The number of hydrogen-bond acceptors (Lipinski definition) is 4. The second kappa shape index (κ2) is 6.87. The number of carbonyl (C=O) groups excluding carboxylic acids is 1. The fourth-order valence-electron chi connectivity index (χ4n) is 3.70. The maximum atomic E-state index is 12.7. The van der Waals surface area contributed by atoms with Crippen LogP contribution in [0.5, 0.6) is 0 Å². The molecule has 2 fully saturated rings. The maximum Gasteiger partial charge on any atom is 0.255 e. The lowest BCUT2D eigenvalue weighted by Crippen LogP contribution is -2.35. The van der Waals surface area contributed by atoms with Crippen LogP contribution in [0.3, 0.4) is 0 Å². The van der Waals surface area contributed by atoms with Gasteiger partial charge in [0.2, 0.25) is 0 Å². The van der Waals surface area contributed by atoms with Crippen molar-refractivity contribution in [1.82, 2.24) is 9.88 Å². The highest BCUT2D eigenvalue weighted by Crippen LogP contribution is 2.25. The van der Waals surface area contributed by atoms with Gasteiger partial charge in [-0.2, -0.15) is 0 Å². The van der Waals surface area contributed by atoms with Crippen LogP contribution >= 0.6 is 0 Å². The van der Waals surface area contributed by atoms with Gasteiger partial charge in [-0.05, 0) is 56.7 Å². The number of amides is 1. The van der Waals surface area contributed by atoms with E-state index in [4.69, 9.17) is 5.73 Å². The first-order valence-corrected chi connectivity index (χ1v) is 8.80. The molecule has 5 heteroatoms. The van der Waals surface area contributed by atoms with Crippen LogP contribution in [-0.2, 0) is 0 Å². The Morgan fingerprint density at radius 1 is 1.30 bits per heavy atom. The number of carbonyl (C=O) groups is 1. The lowest BCUT2D eigenvalue weighted by molar-refractivity contribution is 0.0743. The third-order valence-electron chi connectivity index (χ3n) is 5.36. The summed E-state index contributed by atoms with van der Waals surface area (Å²) in [6, 6.07) is 4.18. The molecule has 2 aliphatic heterocycles. The van der Waals surface area contributed by atoms with Crippen molar-refractivity contribution in [2.45, 2.75) is 39.2 Å². The van der Waals surface area contributed by atoms with Crippen molar-refractivity contribution >= 4 is 11.7 Å². The summed E-state index contributed by atoms with van der Waals surface area (Å²) in [5, 5.41) is 0. The Morgan fingerprint density at radius 2 is 2.04 bits per heavy atom. The van der Waals surface area contributed by atoms with Crippen LogP contribution in [0.1, 0.15) is 43.5 Å². The molecule has 5 nitrogen and oxygen atoms in total. The van der Waals surface area contributed by atoms with Crippen molar-refractivity contribution < 1.29 is 4.79 Å². The molecule has 1 amide bonds. The van der Waals surface area contributed by atoms with Gasteiger partial charge in [0.25, 0.3) is 5.91 Å². The van der Waals surface area contributed by atoms with Gasteiger partial charge < -0.3 is 15.5 Å². The molecular weight excluding hydrogens is 288 g/mol. The van der Waals surface area contributed by atoms with Crippen LogP contribution in [0.4, 0.5) is 5.82 Å². The van der Waals surface area contributed by atoms with E-state index in [1.807, 2.05) is 17.0 Å². The minimum absolute atomic E-state index is 0.0831. The summed E-state index contributed by atoms with van der Waals surface area (Å²) in [5.74, 6) is 2.30. The molecule has 0 aromatic carbocycles. The Hall–Kier alpha value is -1.62. The monoisotopic (exact) mass is 316 g/mol. The first-order valence-electron chi connectivity index (χ1n) is 8.80. The molecule has 0 bridgehead atoms. The van der Waals surface area contributed by atoms with Crippen molar-refractivity contribution in [2.24, 2.45) is 17.6 Å². The third kappa shape index (κ3) is 3.50. The summed E-state index contributed by atoms with van der Waals surface area (Å²) >= 11 is 0. The lowest BCUT2D eigenvalue weighted by atomic mass is 9.99. The van der Waals surface area contributed by atoms with E-state index >= 15 is 0 Å². The predicted octanol–water partition coefficient (Wildman–Crippen LogP) is 2.13. The van der Waals surface area contributed by atoms with E-state index in [0.717, 1.165) is 37.8 Å². The Labute approximate surface area is 138 Å². The summed E-state index contributed by atoms with van der Waals surface area (Å²) in [4.78, 5) is 21.5. The van der Waals surface area contributed by atoms with Crippen LogP contribution < -0.4 is 10.6 Å². The molecule has 23 heavy (non-hydrogen) atoms. The second-order valence-corrected chi connectivity index (χ2v) is 7.22. The van der Waals surface area contributed by atoms with Gasteiger partial charge in [-0.3, -0.25) is 4.79 Å². The number of likely N-dealkylation sites (tertiary alicyclic amines) is 1. The van der Waals surface area contributed by atoms with Gasteiger partial charge in [-0.15, -0.1) is 0 Å². The molecule has 0 radical (unpaired) electrons. The zero-order chi connectivity index (χ0) is 16.4. The Morgan fingerprint density at radius 3 is 2.61 bits per heavy atom. The normalized spacial score (nSPS) is 25.9. The minimum Gasteiger partial charge on any atom is -0.357 e. The summed E-state index contributed by atoms with van der Waals surface area (Å²) in [6.45, 7) is 7.94. The van der Waals surface area contributed by atoms with Gasteiger partial charge in [0.05, 0.1) is 5.56 Å². The van der Waals surface area contributed by atoms with Crippen molar-refractivity contribution in [1.29, 1.82) is 0 Å². The van der Waals surface area contributed by atoms with Crippen molar-refractivity contribution in [3.63, 3.8) is 0 Å². The molecule has 2 unspecified atom stereocenters. The molecule has 2 atom stereocenters. The minimum atomic E-state index is 0.0831. The number of piperidine rings is 1. The Bertz CT molecular complexity index is 536. The standard InChI is InChI=1S/C18H28N4O/c1-13-5-7-21(8-6-13)17-4-3-16(11-20-17)18(23)22-12-15(10-19)9-14(22)2/h3-4,11,13-15H,5-10,12,19H2,1-2H3. The molecular formula is C18H28N4O. The fraction of sp³-hybridized carbons (Fsp3) is 0.667. The van der Waals surface area contributed by atoms with E-state index in [1.165, 1.54) is 12.8 Å². The van der Waals surface area contributed by atoms with Crippen LogP contribution in [0.2, 0.25) is 0 Å². The van der Waals surface area contributed by atoms with E-state index < -0.39 is 0 Å². The van der Waals surface area contributed by atoms with Gasteiger partial charge in [0, 0.05) is 31.9 Å². The van der Waals surface area contributed by atoms with Gasteiger partial charge in [-0.1, -0.05) is 6.92 Å². The average Bonchev–Trinajstić information content (AvgIpc) is 2.96. The number of anilines is 1. The quantitative estimate of drug-likeness (QED) is 0.928. The summed E-state index contributed by atoms with van der Waals surface area (Å²) in [7, 11) is 0. The molecule has 2 aliphatic rings. The van der Waals surface area contributed by atoms with E-state index in [-0.39, 0.29) is 11.9 Å². The zero-order valence-electron chi connectivity index (χ0n) is 14.2. The number of hydrogen-bond donors (Lipinski definition) is 1. The second-order valence-electron chi connectivity index (χ2n) is 7.22. The molecule has 1 aromatic heterocycles. The number of aromatic nitrogens is 1. The number of rotatable bonds is 3. The predicted molar refractivity (Wildman–Crippen MR) is 92.5 cm³/mol. The Kier molecular flexibility index (Phi) is 4.85. The zero-order valence-corrected chi connectivity index (χ0v) is 14.2. The van der Waals surface area contributed by atoms with Crippen molar-refractivity contribution in [2.75, 3.05) is 31.1 Å². The molecule has 3 rings (SSSR count). The first-order chi connectivity index (χ1) is 11.1. The highest BCUT2D eigenvalue weighted by Gasteiger charge is 2.32. The summed E-state index contributed by atoms with van der Waals surface area (Å²) in [6.07, 6.45) is 5.17. The molecule has 2 saturated heterocycles. The summed E-state index contributed by atoms with van der Waals surface area (Å²) < 4.78 is 0. The molecule has 0 saturated carbocycles. The lowest BCUT2D eigenvalue weighted by Gasteiger charge is -2.31. The van der Waals surface area contributed by atoms with Crippen LogP contribution in [0.15, 0.2) is 18.3 Å². The molecule has 0 spiro atoms. The number of nitrogens with zero attached hydrogens (tertiary/aromatic N) is 3. The first kappa shape index (κ1) is 16.2. The topological polar surface area (TPSA) is 62.5 Å². The molecule has 2 N–H and O–H groups in total. The van der Waals surface area contributed by atoms with Gasteiger partial charge >= 0.3 is 0 Å². The largest absolute Gasteiger partial charge is 0.357 e. The average molecular weight is 316 g/mol. The van der Waals surface area contributed by atoms with E-state index in [1.54, 1.807) is 6.20 Å². The van der Waals surface area contributed by atoms with Gasteiger partial charge in [-0.25, -0.2) is 4.98 Å². The number of nitrogens with two attached hydrogens (primary N) is 1. The smallest absolute Gasteiger partial charge is 0.255 e. The fourth-order valence-corrected chi connectivity index (χ4v) is 3.70. The third-order valence-corrected chi connectivity index (χ3v) is 5.36. The number of pyridine rings is 1. The highest BCUT2D eigenvalue weighted by molar-refractivity contribution is 5.94. The van der Waals surface area contributed by atoms with Crippen molar-refractivity contribution in [3.05, 3.63) is 23.9 Å². The SMILES string of the molecule is CC1CCN(c2ccc(C(=O)N3CC(CN)CC3C)cn2)CC1. The van der Waals surface area contributed by atoms with E-state index in [9.17, 15) is 4.79 Å². The molecule has 126 valence electrons.